The molecule has 0 fully saturated rings. The van der Waals surface area contributed by atoms with Crippen molar-refractivity contribution in [2.24, 2.45) is 5.84 Å². The Bertz CT molecular complexity index is 317. The maximum atomic E-state index is 5.95. The van der Waals surface area contributed by atoms with Crippen LogP contribution in [0.5, 0.6) is 0 Å². The van der Waals surface area contributed by atoms with Crippen LogP contribution in [0.1, 0.15) is 37.6 Å². The van der Waals surface area contributed by atoms with Gasteiger partial charge in [0.2, 0.25) is 0 Å². The average Bonchev–Trinajstić information content (AvgIpc) is 2.72. The van der Waals surface area contributed by atoms with Gasteiger partial charge in [-0.15, -0.1) is 11.3 Å². The number of halogens is 1. The molecule has 0 amide bonds. The minimum absolute atomic E-state index is 0.0231. The third kappa shape index (κ3) is 2.57. The molecule has 1 heterocycles. The first-order chi connectivity index (χ1) is 7.63. The van der Waals surface area contributed by atoms with Crippen LogP contribution in [0.4, 0.5) is 0 Å². The van der Waals surface area contributed by atoms with Gasteiger partial charge in [-0.3, -0.25) is 5.84 Å². The van der Waals surface area contributed by atoms with E-state index in [0.29, 0.717) is 0 Å². The summed E-state index contributed by atoms with van der Waals surface area (Å²) in [5.41, 5.74) is 2.58. The molecule has 1 atom stereocenters. The minimum Gasteiger partial charge on any atom is -0.376 e. The lowest BCUT2D eigenvalue weighted by Crippen LogP contribution is -2.47. The van der Waals surface area contributed by atoms with Crippen LogP contribution in [0.25, 0.3) is 0 Å². The van der Waals surface area contributed by atoms with E-state index < -0.39 is 0 Å². The molecule has 0 bridgehead atoms. The maximum absolute atomic E-state index is 5.95. The van der Waals surface area contributed by atoms with Crippen LogP contribution in [-0.4, -0.2) is 12.7 Å². The molecule has 3 N–H and O–H groups in total. The second kappa shape index (κ2) is 5.98. The van der Waals surface area contributed by atoms with Crippen molar-refractivity contribution < 1.29 is 4.74 Å². The van der Waals surface area contributed by atoms with E-state index in [0.717, 1.165) is 22.1 Å². The predicted molar refractivity (Wildman–Crippen MR) is 69.7 cm³/mol. The van der Waals surface area contributed by atoms with Crippen molar-refractivity contribution in [1.82, 2.24) is 5.43 Å². The molecule has 3 nitrogen and oxygen atoms in total. The van der Waals surface area contributed by atoms with Gasteiger partial charge >= 0.3 is 0 Å². The quantitative estimate of drug-likeness (QED) is 0.612. The Balaban J connectivity index is 3.04. The zero-order valence-corrected chi connectivity index (χ0v) is 11.5. The van der Waals surface area contributed by atoms with E-state index in [9.17, 15) is 0 Å². The average molecular weight is 263 g/mol. The fourth-order valence-corrected chi connectivity index (χ4v) is 3.27. The third-order valence-electron chi connectivity index (χ3n) is 3.17. The number of ether oxygens (including phenoxy) is 1. The van der Waals surface area contributed by atoms with Crippen molar-refractivity contribution in [2.45, 2.75) is 38.3 Å². The number of hydrogen-bond acceptors (Lipinski definition) is 4. The molecule has 0 saturated carbocycles. The molecule has 1 aromatic heterocycles. The normalized spacial score (nSPS) is 14.1. The molecule has 0 aromatic carbocycles. The Labute approximate surface area is 106 Å². The van der Waals surface area contributed by atoms with Gasteiger partial charge in [0, 0.05) is 12.0 Å². The van der Waals surface area contributed by atoms with Crippen LogP contribution in [0.2, 0.25) is 4.34 Å². The van der Waals surface area contributed by atoms with Crippen LogP contribution >= 0.6 is 22.9 Å². The van der Waals surface area contributed by atoms with Crippen molar-refractivity contribution in [2.75, 3.05) is 7.11 Å². The molecule has 0 saturated heterocycles. The highest BCUT2D eigenvalue weighted by Crippen LogP contribution is 2.38. The molecular formula is C11H19ClN2OS. The summed E-state index contributed by atoms with van der Waals surface area (Å²) in [5, 5.41) is 0. The minimum atomic E-state index is -0.275. The van der Waals surface area contributed by atoms with Gasteiger partial charge in [0.05, 0.1) is 16.0 Å². The van der Waals surface area contributed by atoms with Gasteiger partial charge in [-0.25, -0.2) is 5.43 Å². The summed E-state index contributed by atoms with van der Waals surface area (Å²) in [4.78, 5) is 1.11. The summed E-state index contributed by atoms with van der Waals surface area (Å²) >= 11 is 7.49. The highest BCUT2D eigenvalue weighted by molar-refractivity contribution is 7.16. The van der Waals surface area contributed by atoms with Gasteiger partial charge in [-0.05, 0) is 25.0 Å². The first-order valence-electron chi connectivity index (χ1n) is 5.40. The summed E-state index contributed by atoms with van der Waals surface area (Å²) in [7, 11) is 1.73. The second-order valence-corrected chi connectivity index (χ2v) is 5.46. The second-order valence-electron chi connectivity index (χ2n) is 3.72. The van der Waals surface area contributed by atoms with E-state index in [1.807, 2.05) is 12.1 Å². The fourth-order valence-electron chi connectivity index (χ4n) is 2.04. The van der Waals surface area contributed by atoms with E-state index in [1.165, 1.54) is 11.3 Å². The van der Waals surface area contributed by atoms with Crippen molar-refractivity contribution in [1.29, 1.82) is 0 Å². The Morgan fingerprint density at radius 2 is 2.12 bits per heavy atom. The number of hydrazine groups is 1. The molecule has 1 unspecified atom stereocenters. The molecule has 0 aliphatic heterocycles. The molecule has 5 heteroatoms. The summed E-state index contributed by atoms with van der Waals surface area (Å²) in [5.74, 6) is 5.66. The van der Waals surface area contributed by atoms with Crippen LogP contribution in [0, 0.1) is 0 Å². The number of nitrogens with one attached hydrogen (secondary N) is 1. The predicted octanol–water partition coefficient (Wildman–Crippen LogP) is 3.11. The Hall–Kier alpha value is -0.130. The first kappa shape index (κ1) is 13.9. The lowest BCUT2D eigenvalue weighted by molar-refractivity contribution is -0.0477. The van der Waals surface area contributed by atoms with Crippen molar-refractivity contribution in [3.8, 4) is 0 Å². The van der Waals surface area contributed by atoms with Crippen LogP contribution in [-0.2, 0) is 4.74 Å². The summed E-state index contributed by atoms with van der Waals surface area (Å²) in [6.45, 7) is 4.21. The van der Waals surface area contributed by atoms with E-state index in [2.05, 4.69) is 19.3 Å². The zero-order chi connectivity index (χ0) is 12.2. The van der Waals surface area contributed by atoms with Gasteiger partial charge in [-0.1, -0.05) is 25.4 Å². The van der Waals surface area contributed by atoms with Gasteiger partial charge in [0.25, 0.3) is 0 Å². The Kier molecular flexibility index (Phi) is 5.21. The summed E-state index contributed by atoms with van der Waals surface area (Å²) in [6.07, 6.45) is 1.79. The summed E-state index contributed by atoms with van der Waals surface area (Å²) < 4.78 is 6.44. The van der Waals surface area contributed by atoms with Gasteiger partial charge in [0.1, 0.15) is 0 Å². The number of thiophene rings is 1. The molecule has 0 spiro atoms. The van der Waals surface area contributed by atoms with E-state index >= 15 is 0 Å². The van der Waals surface area contributed by atoms with Crippen LogP contribution < -0.4 is 11.3 Å². The summed E-state index contributed by atoms with van der Waals surface area (Å²) in [6, 6.07) is 3.86. The molecule has 1 aromatic rings. The van der Waals surface area contributed by atoms with Gasteiger partial charge in [-0.2, -0.15) is 0 Å². The van der Waals surface area contributed by atoms with E-state index in [4.69, 9.17) is 22.2 Å². The van der Waals surface area contributed by atoms with Gasteiger partial charge in [0.15, 0.2) is 0 Å². The molecular weight excluding hydrogens is 244 g/mol. The monoisotopic (exact) mass is 262 g/mol. The highest BCUT2D eigenvalue weighted by Gasteiger charge is 2.37. The lowest BCUT2D eigenvalue weighted by atomic mass is 9.87. The van der Waals surface area contributed by atoms with E-state index in [1.54, 1.807) is 7.11 Å². The smallest absolute Gasteiger partial charge is 0.0931 e. The standard InChI is InChI=1S/C11H19ClN2OS/c1-4-11(5-2,15-3)10(14-13)8-6-7-9(12)16-8/h6-7,10,14H,4-5,13H2,1-3H3. The molecule has 0 aliphatic rings. The molecule has 0 radical (unpaired) electrons. The molecule has 1 rings (SSSR count). The highest BCUT2D eigenvalue weighted by atomic mass is 35.5. The van der Waals surface area contributed by atoms with Crippen LogP contribution in [0.15, 0.2) is 12.1 Å². The largest absolute Gasteiger partial charge is 0.376 e. The van der Waals surface area contributed by atoms with Crippen molar-refractivity contribution >= 4 is 22.9 Å². The topological polar surface area (TPSA) is 47.3 Å². The SMILES string of the molecule is CCC(CC)(OC)C(NN)c1ccc(Cl)s1. The van der Waals surface area contributed by atoms with Crippen LogP contribution in [0.3, 0.4) is 0 Å². The maximum Gasteiger partial charge on any atom is 0.0931 e. The first-order valence-corrected chi connectivity index (χ1v) is 6.59. The lowest BCUT2D eigenvalue weighted by Gasteiger charge is -2.37. The molecule has 16 heavy (non-hydrogen) atoms. The number of nitrogens with two attached hydrogens (primary N) is 1. The number of methoxy groups -OCH3 is 1. The third-order valence-corrected chi connectivity index (χ3v) is 4.47. The Morgan fingerprint density at radius 1 is 1.50 bits per heavy atom. The number of hydrogen-bond donors (Lipinski definition) is 2. The zero-order valence-electron chi connectivity index (χ0n) is 9.92. The number of rotatable bonds is 6. The fraction of sp³-hybridized carbons (Fsp3) is 0.636. The van der Waals surface area contributed by atoms with Crippen molar-refractivity contribution in [3.05, 3.63) is 21.3 Å². The van der Waals surface area contributed by atoms with Crippen molar-refractivity contribution in [3.63, 3.8) is 0 Å². The van der Waals surface area contributed by atoms with Gasteiger partial charge < -0.3 is 4.74 Å². The molecule has 0 aliphatic carbocycles. The Morgan fingerprint density at radius 3 is 2.44 bits per heavy atom. The van der Waals surface area contributed by atoms with E-state index in [-0.39, 0.29) is 11.6 Å². The molecule has 92 valence electrons.